The van der Waals surface area contributed by atoms with Crippen molar-refractivity contribution in [3.63, 3.8) is 0 Å². The Kier molecular flexibility index (Phi) is 4.62. The van der Waals surface area contributed by atoms with E-state index in [-0.39, 0.29) is 0 Å². The fraction of sp³-hybridized carbons (Fsp3) is 0.208. The average Bonchev–Trinajstić information content (AvgIpc) is 3.52. The molecular weight excluding hydrogens is 418 g/mol. The molecule has 4 heterocycles. The summed E-state index contributed by atoms with van der Waals surface area (Å²) in [6, 6.07) is 16.4. The second kappa shape index (κ2) is 7.79. The molecule has 0 saturated heterocycles. The molecule has 6 rings (SSSR count). The molecule has 0 aliphatic carbocycles. The van der Waals surface area contributed by atoms with Crippen molar-refractivity contribution in [2.24, 2.45) is 0 Å². The van der Waals surface area contributed by atoms with Gasteiger partial charge in [-0.2, -0.15) is 4.98 Å². The van der Waals surface area contributed by atoms with Crippen LogP contribution in [0.4, 0.5) is 0 Å². The van der Waals surface area contributed by atoms with Crippen molar-refractivity contribution >= 4 is 0 Å². The monoisotopic (exact) mass is 439 g/mol. The standard InChI is InChI=1S/C24H21N7O2/c1-15-8-9-19-18(10-15)24-28-27-21(13-32-12-17-6-4-3-5-7-17)30(24)11-20-22(25-14-31(19)20)23-26-16(2)33-29-23/h3-10,14H,11-13H2,1-2H3. The van der Waals surface area contributed by atoms with E-state index in [0.717, 1.165) is 39.7 Å². The number of aromatic nitrogens is 7. The van der Waals surface area contributed by atoms with Crippen LogP contribution in [0.1, 0.15) is 28.5 Å². The van der Waals surface area contributed by atoms with E-state index in [1.165, 1.54) is 0 Å². The van der Waals surface area contributed by atoms with E-state index in [1.807, 2.05) is 30.3 Å². The molecule has 3 aromatic heterocycles. The number of fused-ring (bicyclic) bond motifs is 5. The summed E-state index contributed by atoms with van der Waals surface area (Å²) in [5.74, 6) is 2.51. The van der Waals surface area contributed by atoms with Crippen molar-refractivity contribution in [1.82, 2.24) is 34.5 Å². The molecule has 0 spiro atoms. The number of hydrogen-bond donors (Lipinski definition) is 0. The van der Waals surface area contributed by atoms with Crippen LogP contribution in [0.25, 0.3) is 28.6 Å². The summed E-state index contributed by atoms with van der Waals surface area (Å²) in [6.07, 6.45) is 1.80. The fourth-order valence-electron chi connectivity index (χ4n) is 4.15. The van der Waals surface area contributed by atoms with Gasteiger partial charge in [-0.15, -0.1) is 10.2 Å². The van der Waals surface area contributed by atoms with E-state index in [1.54, 1.807) is 13.3 Å². The maximum atomic E-state index is 5.98. The smallest absolute Gasteiger partial charge is 0.223 e. The van der Waals surface area contributed by atoms with Gasteiger partial charge < -0.3 is 13.8 Å². The van der Waals surface area contributed by atoms with E-state index in [4.69, 9.17) is 9.26 Å². The number of hydrogen-bond acceptors (Lipinski definition) is 7. The van der Waals surface area contributed by atoms with E-state index < -0.39 is 0 Å². The van der Waals surface area contributed by atoms with Gasteiger partial charge in [-0.3, -0.25) is 4.57 Å². The highest BCUT2D eigenvalue weighted by atomic mass is 16.5. The first-order chi connectivity index (χ1) is 16.2. The third-order valence-corrected chi connectivity index (χ3v) is 5.74. The first-order valence-corrected chi connectivity index (χ1v) is 10.7. The summed E-state index contributed by atoms with van der Waals surface area (Å²) in [7, 11) is 0. The lowest BCUT2D eigenvalue weighted by atomic mass is 10.1. The lowest BCUT2D eigenvalue weighted by Gasteiger charge is -2.09. The molecule has 1 aliphatic heterocycles. The van der Waals surface area contributed by atoms with Crippen molar-refractivity contribution < 1.29 is 9.26 Å². The zero-order valence-electron chi connectivity index (χ0n) is 18.3. The summed E-state index contributed by atoms with van der Waals surface area (Å²) in [5.41, 5.74) is 5.84. The van der Waals surface area contributed by atoms with Crippen LogP contribution >= 0.6 is 0 Å². The Labute approximate surface area is 189 Å². The van der Waals surface area contributed by atoms with E-state index in [0.29, 0.717) is 37.2 Å². The molecule has 0 amide bonds. The summed E-state index contributed by atoms with van der Waals surface area (Å²) >= 11 is 0. The summed E-state index contributed by atoms with van der Waals surface area (Å²) < 4.78 is 15.3. The second-order valence-electron chi connectivity index (χ2n) is 8.07. The fourth-order valence-corrected chi connectivity index (χ4v) is 4.15. The Morgan fingerprint density at radius 3 is 2.73 bits per heavy atom. The van der Waals surface area contributed by atoms with Crippen LogP contribution in [-0.4, -0.2) is 34.5 Å². The number of ether oxygens (including phenoxy) is 1. The zero-order valence-corrected chi connectivity index (χ0v) is 18.3. The van der Waals surface area contributed by atoms with E-state index in [2.05, 4.69) is 59.6 Å². The number of aryl methyl sites for hydroxylation is 2. The van der Waals surface area contributed by atoms with E-state index in [9.17, 15) is 0 Å². The van der Waals surface area contributed by atoms with Crippen LogP contribution in [0.15, 0.2) is 59.4 Å². The lowest BCUT2D eigenvalue weighted by molar-refractivity contribution is 0.0994. The van der Waals surface area contributed by atoms with Crippen molar-refractivity contribution in [2.45, 2.75) is 33.6 Å². The molecule has 1 aliphatic rings. The van der Waals surface area contributed by atoms with Crippen molar-refractivity contribution in [1.29, 1.82) is 0 Å². The summed E-state index contributed by atoms with van der Waals surface area (Å²) in [6.45, 7) is 5.18. The highest BCUT2D eigenvalue weighted by molar-refractivity contribution is 5.71. The third kappa shape index (κ3) is 3.42. The quantitative estimate of drug-likeness (QED) is 0.402. The van der Waals surface area contributed by atoms with Gasteiger partial charge in [0.05, 0.1) is 24.5 Å². The molecule has 0 bridgehead atoms. The highest BCUT2D eigenvalue weighted by Crippen LogP contribution is 2.35. The van der Waals surface area contributed by atoms with Gasteiger partial charge in [0.15, 0.2) is 11.6 Å². The maximum absolute atomic E-state index is 5.98. The van der Waals surface area contributed by atoms with Gasteiger partial charge in [-0.05, 0) is 24.6 Å². The molecule has 9 nitrogen and oxygen atoms in total. The van der Waals surface area contributed by atoms with Crippen LogP contribution in [0.2, 0.25) is 0 Å². The Hall–Kier alpha value is -4.11. The predicted molar refractivity (Wildman–Crippen MR) is 119 cm³/mol. The van der Waals surface area contributed by atoms with Crippen molar-refractivity contribution in [3.05, 3.63) is 83.4 Å². The normalized spacial score (nSPS) is 12.2. The molecule has 2 aromatic carbocycles. The first-order valence-electron chi connectivity index (χ1n) is 10.7. The molecule has 0 radical (unpaired) electrons. The number of rotatable bonds is 5. The Morgan fingerprint density at radius 2 is 1.91 bits per heavy atom. The minimum Gasteiger partial charge on any atom is -0.369 e. The molecule has 9 heteroatoms. The van der Waals surface area contributed by atoms with Gasteiger partial charge >= 0.3 is 0 Å². The van der Waals surface area contributed by atoms with Gasteiger partial charge in [-0.25, -0.2) is 4.98 Å². The van der Waals surface area contributed by atoms with Crippen LogP contribution in [0, 0.1) is 13.8 Å². The number of imidazole rings is 1. The molecule has 0 atom stereocenters. The molecular formula is C24H21N7O2. The van der Waals surface area contributed by atoms with Crippen LogP contribution in [0.5, 0.6) is 0 Å². The van der Waals surface area contributed by atoms with Gasteiger partial charge in [0.1, 0.15) is 18.6 Å². The second-order valence-corrected chi connectivity index (χ2v) is 8.07. The molecule has 33 heavy (non-hydrogen) atoms. The molecule has 5 aromatic rings. The number of nitrogens with zero attached hydrogens (tertiary/aromatic N) is 7. The third-order valence-electron chi connectivity index (χ3n) is 5.74. The van der Waals surface area contributed by atoms with Crippen LogP contribution < -0.4 is 0 Å². The molecule has 164 valence electrons. The molecule has 0 saturated carbocycles. The molecule has 0 unspecified atom stereocenters. The zero-order chi connectivity index (χ0) is 22.4. The average molecular weight is 439 g/mol. The van der Waals surface area contributed by atoms with Gasteiger partial charge in [0.2, 0.25) is 11.7 Å². The largest absolute Gasteiger partial charge is 0.369 e. The highest BCUT2D eigenvalue weighted by Gasteiger charge is 2.27. The number of benzene rings is 2. The van der Waals surface area contributed by atoms with Crippen LogP contribution in [0.3, 0.4) is 0 Å². The Bertz CT molecular complexity index is 1450. The minimum atomic E-state index is 0.341. The summed E-state index contributed by atoms with van der Waals surface area (Å²) in [5, 5.41) is 13.1. The molecule has 0 N–H and O–H groups in total. The van der Waals surface area contributed by atoms with E-state index >= 15 is 0 Å². The van der Waals surface area contributed by atoms with Crippen molar-refractivity contribution in [3.8, 4) is 28.6 Å². The Morgan fingerprint density at radius 1 is 1.03 bits per heavy atom. The predicted octanol–water partition coefficient (Wildman–Crippen LogP) is 3.88. The minimum absolute atomic E-state index is 0.341. The summed E-state index contributed by atoms with van der Waals surface area (Å²) in [4.78, 5) is 9.02. The Balaban J connectivity index is 1.42. The lowest BCUT2D eigenvalue weighted by Crippen LogP contribution is -2.09. The maximum Gasteiger partial charge on any atom is 0.223 e. The van der Waals surface area contributed by atoms with Gasteiger partial charge in [0, 0.05) is 12.5 Å². The SMILES string of the molecule is Cc1ccc2c(c1)-c1nnc(COCc3ccccc3)n1Cc1c(-c3noc(C)n3)ncn1-2. The topological polar surface area (TPSA) is 96.7 Å². The first kappa shape index (κ1) is 19.6. The van der Waals surface area contributed by atoms with Crippen molar-refractivity contribution in [2.75, 3.05) is 0 Å². The van der Waals surface area contributed by atoms with Crippen LogP contribution in [-0.2, 0) is 24.5 Å². The van der Waals surface area contributed by atoms with Gasteiger partial charge in [-0.1, -0.05) is 47.1 Å². The molecule has 0 fully saturated rings. The van der Waals surface area contributed by atoms with Gasteiger partial charge in [0.25, 0.3) is 0 Å².